The third-order valence-corrected chi connectivity index (χ3v) is 6.07. The van der Waals surface area contributed by atoms with Crippen LogP contribution < -0.4 is 10.0 Å². The third kappa shape index (κ3) is 5.15. The van der Waals surface area contributed by atoms with Crippen LogP contribution in [0.15, 0.2) is 22.5 Å². The van der Waals surface area contributed by atoms with E-state index < -0.39 is 21.4 Å². The molecule has 0 bridgehead atoms. The van der Waals surface area contributed by atoms with E-state index in [0.717, 1.165) is 0 Å². The molecule has 0 aliphatic heterocycles. The number of esters is 1. The molecule has 0 unspecified atom stereocenters. The first-order chi connectivity index (χ1) is 12.4. The Labute approximate surface area is 165 Å². The van der Waals surface area contributed by atoms with Crippen molar-refractivity contribution in [2.75, 3.05) is 17.1 Å². The predicted molar refractivity (Wildman–Crippen MR) is 102 cm³/mol. The Morgan fingerprint density at radius 3 is 2.48 bits per heavy atom. The fraction of sp³-hybridized carbons (Fsp3) is 0.333. The number of hydrogen-bond donors (Lipinski definition) is 2. The molecule has 1 amide bonds. The van der Waals surface area contributed by atoms with Crippen molar-refractivity contribution in [3.8, 4) is 0 Å². The Bertz CT molecular complexity index is 982. The predicted octanol–water partition coefficient (Wildman–Crippen LogP) is 2.76. The molecule has 1 aromatic carbocycles. The van der Waals surface area contributed by atoms with Gasteiger partial charge in [-0.2, -0.15) is 8.42 Å². The summed E-state index contributed by atoms with van der Waals surface area (Å²) in [6, 6.07) is 4.01. The molecule has 0 aliphatic carbocycles. The molecule has 0 radical (unpaired) electrons. The van der Waals surface area contributed by atoms with Crippen LogP contribution in [0.2, 0.25) is 5.02 Å². The SMILES string of the molecule is COC(=O)c1ccc(Cl)c(NS(=O)(=O)c2nnc(NC(=O)C(C)(C)C)s2)c1. The summed E-state index contributed by atoms with van der Waals surface area (Å²) < 4.78 is 31.5. The van der Waals surface area contributed by atoms with Crippen molar-refractivity contribution in [1.82, 2.24) is 10.2 Å². The number of benzene rings is 1. The van der Waals surface area contributed by atoms with Crippen LogP contribution >= 0.6 is 22.9 Å². The summed E-state index contributed by atoms with van der Waals surface area (Å²) in [5.74, 6) is -0.973. The second kappa shape index (κ2) is 7.79. The van der Waals surface area contributed by atoms with Gasteiger partial charge in [-0.05, 0) is 18.2 Å². The van der Waals surface area contributed by atoms with Crippen molar-refractivity contribution >= 4 is 55.7 Å². The molecule has 0 saturated heterocycles. The number of aromatic nitrogens is 2. The van der Waals surface area contributed by atoms with Crippen LogP contribution in [-0.2, 0) is 19.6 Å². The highest BCUT2D eigenvalue weighted by molar-refractivity contribution is 7.94. The zero-order chi connectivity index (χ0) is 20.4. The maximum Gasteiger partial charge on any atom is 0.337 e. The maximum atomic E-state index is 12.5. The van der Waals surface area contributed by atoms with E-state index in [0.29, 0.717) is 11.3 Å². The minimum atomic E-state index is -4.13. The van der Waals surface area contributed by atoms with Crippen LogP contribution in [0.1, 0.15) is 31.1 Å². The van der Waals surface area contributed by atoms with Crippen molar-refractivity contribution < 1.29 is 22.7 Å². The smallest absolute Gasteiger partial charge is 0.337 e. The molecular weight excluding hydrogens is 416 g/mol. The number of nitrogens with one attached hydrogen (secondary N) is 2. The monoisotopic (exact) mass is 432 g/mol. The van der Waals surface area contributed by atoms with Crippen molar-refractivity contribution in [3.63, 3.8) is 0 Å². The Morgan fingerprint density at radius 1 is 1.22 bits per heavy atom. The summed E-state index contributed by atoms with van der Waals surface area (Å²) >= 11 is 6.68. The first-order valence-electron chi connectivity index (χ1n) is 7.49. The molecule has 0 spiro atoms. The van der Waals surface area contributed by atoms with Gasteiger partial charge < -0.3 is 10.1 Å². The van der Waals surface area contributed by atoms with Crippen molar-refractivity contribution in [3.05, 3.63) is 28.8 Å². The van der Waals surface area contributed by atoms with Crippen LogP contribution in [0.25, 0.3) is 0 Å². The normalized spacial score (nSPS) is 11.7. The van der Waals surface area contributed by atoms with Gasteiger partial charge in [-0.3, -0.25) is 9.52 Å². The Balaban J connectivity index is 2.25. The van der Waals surface area contributed by atoms with E-state index >= 15 is 0 Å². The molecular formula is C15H17ClN4O5S2. The van der Waals surface area contributed by atoms with Gasteiger partial charge in [-0.1, -0.05) is 43.7 Å². The number of amides is 1. The molecule has 9 nitrogen and oxygen atoms in total. The van der Waals surface area contributed by atoms with Crippen molar-refractivity contribution in [1.29, 1.82) is 0 Å². The summed E-state index contributed by atoms with van der Waals surface area (Å²) in [7, 11) is -2.92. The molecule has 27 heavy (non-hydrogen) atoms. The lowest BCUT2D eigenvalue weighted by Crippen LogP contribution is -2.27. The fourth-order valence-electron chi connectivity index (χ4n) is 1.69. The van der Waals surface area contributed by atoms with Crippen LogP contribution in [0.3, 0.4) is 0 Å². The van der Waals surface area contributed by atoms with Crippen molar-refractivity contribution in [2.24, 2.45) is 5.41 Å². The zero-order valence-electron chi connectivity index (χ0n) is 14.9. The second-order valence-corrected chi connectivity index (χ2v) is 9.61. The molecule has 2 N–H and O–H groups in total. The standard InChI is InChI=1S/C15H17ClN4O5S2/c1-15(2,3)12(22)17-13-18-19-14(26-13)27(23,24)20-10-7-8(11(21)25-4)5-6-9(10)16/h5-7,20H,1-4H3,(H,17,18,22). The number of nitrogens with zero attached hydrogens (tertiary/aromatic N) is 2. The fourth-order valence-corrected chi connectivity index (χ4v) is 3.88. The minimum Gasteiger partial charge on any atom is -0.465 e. The van der Waals surface area contributed by atoms with Gasteiger partial charge in [0, 0.05) is 5.41 Å². The van der Waals surface area contributed by atoms with Crippen LogP contribution in [0.4, 0.5) is 10.8 Å². The number of rotatable bonds is 5. The van der Waals surface area contributed by atoms with Gasteiger partial charge in [0.05, 0.1) is 23.4 Å². The Hall–Kier alpha value is -2.24. The topological polar surface area (TPSA) is 127 Å². The van der Waals surface area contributed by atoms with E-state index in [4.69, 9.17) is 11.6 Å². The maximum absolute atomic E-state index is 12.5. The minimum absolute atomic E-state index is 0.0185. The number of hydrogen-bond acceptors (Lipinski definition) is 8. The van der Waals surface area contributed by atoms with Crippen LogP contribution in [0, 0.1) is 5.41 Å². The second-order valence-electron chi connectivity index (χ2n) is 6.37. The summed E-state index contributed by atoms with van der Waals surface area (Å²) in [4.78, 5) is 23.6. The first-order valence-corrected chi connectivity index (χ1v) is 10.2. The van der Waals surface area contributed by atoms with Gasteiger partial charge in [-0.15, -0.1) is 10.2 Å². The molecule has 146 valence electrons. The highest BCUT2D eigenvalue weighted by Gasteiger charge is 2.26. The average molecular weight is 433 g/mol. The molecule has 12 heteroatoms. The van der Waals surface area contributed by atoms with Gasteiger partial charge in [0.25, 0.3) is 14.4 Å². The summed E-state index contributed by atoms with van der Waals surface area (Å²) in [6.45, 7) is 5.12. The lowest BCUT2D eigenvalue weighted by atomic mass is 9.96. The highest BCUT2D eigenvalue weighted by atomic mass is 35.5. The summed E-state index contributed by atoms with van der Waals surface area (Å²) in [6.07, 6.45) is 0. The number of anilines is 2. The van der Waals surface area contributed by atoms with Gasteiger partial charge in [0.1, 0.15) is 0 Å². The van der Waals surface area contributed by atoms with E-state index in [1.807, 2.05) is 0 Å². The van der Waals surface area contributed by atoms with E-state index in [1.165, 1.54) is 25.3 Å². The van der Waals surface area contributed by atoms with Crippen LogP contribution in [-0.4, -0.2) is 37.6 Å². The van der Waals surface area contributed by atoms with E-state index in [2.05, 4.69) is 25.0 Å². The van der Waals surface area contributed by atoms with Gasteiger partial charge in [-0.25, -0.2) is 4.79 Å². The van der Waals surface area contributed by atoms with Gasteiger partial charge in [0.2, 0.25) is 11.0 Å². The number of carbonyl (C=O) groups excluding carboxylic acids is 2. The number of sulfonamides is 1. The van der Waals surface area contributed by atoms with E-state index in [1.54, 1.807) is 20.8 Å². The third-order valence-electron chi connectivity index (χ3n) is 3.17. The lowest BCUT2D eigenvalue weighted by molar-refractivity contribution is -0.123. The number of halogens is 1. The first kappa shape index (κ1) is 21.1. The summed E-state index contributed by atoms with van der Waals surface area (Å²) in [5.41, 5.74) is -0.574. The lowest BCUT2D eigenvalue weighted by Gasteiger charge is -2.15. The molecule has 0 aliphatic rings. The Morgan fingerprint density at radius 2 is 1.89 bits per heavy atom. The molecule has 0 saturated carbocycles. The highest BCUT2D eigenvalue weighted by Crippen LogP contribution is 2.28. The van der Waals surface area contributed by atoms with Crippen molar-refractivity contribution in [2.45, 2.75) is 25.1 Å². The van der Waals surface area contributed by atoms with Gasteiger partial charge >= 0.3 is 5.97 Å². The van der Waals surface area contributed by atoms with E-state index in [-0.39, 0.29) is 31.7 Å². The average Bonchev–Trinajstić information content (AvgIpc) is 3.04. The molecule has 2 rings (SSSR count). The van der Waals surface area contributed by atoms with Crippen LogP contribution in [0.5, 0.6) is 0 Å². The molecule has 0 fully saturated rings. The quantitative estimate of drug-likeness (QED) is 0.549. The summed E-state index contributed by atoms with van der Waals surface area (Å²) in [5, 5.41) is 9.89. The number of carbonyl (C=O) groups is 2. The zero-order valence-corrected chi connectivity index (χ0v) is 17.3. The molecule has 1 heterocycles. The number of methoxy groups -OCH3 is 1. The van der Waals surface area contributed by atoms with Gasteiger partial charge in [0.15, 0.2) is 0 Å². The largest absolute Gasteiger partial charge is 0.465 e. The van der Waals surface area contributed by atoms with E-state index in [9.17, 15) is 18.0 Å². The molecule has 1 aromatic heterocycles. The molecule has 0 atom stereocenters. The number of ether oxygens (including phenoxy) is 1. The molecule has 2 aromatic rings. The Kier molecular flexibility index (Phi) is 6.07.